The molecule has 4 aromatic rings. The van der Waals surface area contributed by atoms with Crippen LogP contribution < -0.4 is 10.2 Å². The summed E-state index contributed by atoms with van der Waals surface area (Å²) < 4.78 is 17.1. The number of aryl methyl sites for hydroxylation is 2. The number of rotatable bonds is 5. The second-order valence-electron chi connectivity index (χ2n) is 8.92. The van der Waals surface area contributed by atoms with Crippen LogP contribution in [0.25, 0.3) is 5.69 Å². The van der Waals surface area contributed by atoms with E-state index in [2.05, 4.69) is 16.4 Å². The molecule has 0 amide bonds. The summed E-state index contributed by atoms with van der Waals surface area (Å²) >= 11 is 5.73. The third kappa shape index (κ3) is 3.93. The number of nitrogens with zero attached hydrogens (tertiary/aromatic N) is 3. The van der Waals surface area contributed by atoms with Crippen LogP contribution in [0.4, 0.5) is 10.1 Å². The first-order valence-corrected chi connectivity index (χ1v) is 12.0. The van der Waals surface area contributed by atoms with Crippen LogP contribution in [-0.4, -0.2) is 25.7 Å². The highest BCUT2D eigenvalue weighted by Gasteiger charge is 2.43. The Labute approximate surface area is 214 Å². The number of para-hydroxylation sites is 1. The molecular formula is C28H25FN4O2S. The number of hydrogen-bond acceptors (Lipinski definition) is 3. The van der Waals surface area contributed by atoms with Gasteiger partial charge in [-0.1, -0.05) is 24.3 Å². The van der Waals surface area contributed by atoms with E-state index < -0.39 is 5.97 Å². The van der Waals surface area contributed by atoms with Crippen LogP contribution in [0.5, 0.6) is 0 Å². The molecule has 2 atom stereocenters. The van der Waals surface area contributed by atoms with E-state index in [0.29, 0.717) is 10.8 Å². The standard InChI is InChI=1S/C28H25FN4O2S/c1-16-11-12-19(27(34)35)15-24(16)32-17(2)14-20(18(32)3)26-25(22-9-6-7-13-30-22)31-28(36)33(26)23-10-5-4-8-21(23)29/h4-15,25-26H,1-3H3,(H,31,36)(H,34,35)/t25-,26+/m1/s1. The number of halogens is 1. The minimum atomic E-state index is -0.981. The fraction of sp³-hybridized carbons (Fsp3) is 0.179. The van der Waals surface area contributed by atoms with Crippen LogP contribution in [0, 0.1) is 26.6 Å². The van der Waals surface area contributed by atoms with Gasteiger partial charge < -0.3 is 19.9 Å². The first-order valence-electron chi connectivity index (χ1n) is 11.6. The quantitative estimate of drug-likeness (QED) is 0.337. The summed E-state index contributed by atoms with van der Waals surface area (Å²) in [5.41, 5.74) is 5.91. The molecule has 1 aliphatic heterocycles. The lowest BCUT2D eigenvalue weighted by atomic mass is 9.96. The molecule has 0 unspecified atom stereocenters. The molecule has 0 spiro atoms. The Morgan fingerprint density at radius 2 is 1.78 bits per heavy atom. The molecule has 36 heavy (non-hydrogen) atoms. The van der Waals surface area contributed by atoms with E-state index in [-0.39, 0.29) is 23.5 Å². The van der Waals surface area contributed by atoms with Crippen LogP contribution in [0.2, 0.25) is 0 Å². The van der Waals surface area contributed by atoms with Crippen LogP contribution >= 0.6 is 12.2 Å². The number of thiocarbonyl (C=S) groups is 1. The van der Waals surface area contributed by atoms with Gasteiger partial charge in [0.15, 0.2) is 5.11 Å². The topological polar surface area (TPSA) is 70.4 Å². The van der Waals surface area contributed by atoms with Gasteiger partial charge in [0.1, 0.15) is 5.82 Å². The molecule has 0 radical (unpaired) electrons. The third-order valence-electron chi connectivity index (χ3n) is 6.70. The number of hydrogen-bond donors (Lipinski definition) is 2. The van der Waals surface area contributed by atoms with Crippen molar-refractivity contribution in [2.24, 2.45) is 0 Å². The molecule has 1 aliphatic rings. The van der Waals surface area contributed by atoms with Gasteiger partial charge in [-0.25, -0.2) is 9.18 Å². The Hall–Kier alpha value is -4.04. The molecular weight excluding hydrogens is 475 g/mol. The van der Waals surface area contributed by atoms with Gasteiger partial charge in [-0.05, 0) is 86.6 Å². The zero-order chi connectivity index (χ0) is 25.6. The van der Waals surface area contributed by atoms with Crippen molar-refractivity contribution >= 4 is 29.0 Å². The lowest BCUT2D eigenvalue weighted by molar-refractivity contribution is 0.0697. The minimum Gasteiger partial charge on any atom is -0.478 e. The van der Waals surface area contributed by atoms with Crippen molar-refractivity contribution in [3.05, 3.63) is 113 Å². The van der Waals surface area contributed by atoms with E-state index in [1.54, 1.807) is 36.5 Å². The van der Waals surface area contributed by atoms with Gasteiger partial charge in [0.2, 0.25) is 0 Å². The summed E-state index contributed by atoms with van der Waals surface area (Å²) in [6.07, 6.45) is 1.73. The van der Waals surface area contributed by atoms with E-state index in [1.165, 1.54) is 6.07 Å². The normalized spacial score (nSPS) is 17.3. The summed E-state index contributed by atoms with van der Waals surface area (Å²) in [6, 6.07) is 18.7. The minimum absolute atomic E-state index is 0.215. The maximum absolute atomic E-state index is 15.1. The maximum Gasteiger partial charge on any atom is 0.335 e. The van der Waals surface area contributed by atoms with Crippen molar-refractivity contribution in [2.45, 2.75) is 32.9 Å². The number of benzene rings is 2. The fourth-order valence-electron chi connectivity index (χ4n) is 5.02. The van der Waals surface area contributed by atoms with Gasteiger partial charge in [0.25, 0.3) is 0 Å². The molecule has 6 nitrogen and oxygen atoms in total. The molecule has 2 aromatic carbocycles. The average Bonchev–Trinajstić information content (AvgIpc) is 3.35. The molecule has 3 heterocycles. The Morgan fingerprint density at radius 3 is 2.47 bits per heavy atom. The van der Waals surface area contributed by atoms with Gasteiger partial charge in [-0.15, -0.1) is 0 Å². The number of aromatic nitrogens is 2. The number of aromatic carboxylic acids is 1. The third-order valence-corrected chi connectivity index (χ3v) is 7.01. The molecule has 0 bridgehead atoms. The van der Waals surface area contributed by atoms with E-state index in [9.17, 15) is 9.90 Å². The van der Waals surface area contributed by atoms with Crippen LogP contribution in [0.15, 0.2) is 72.9 Å². The summed E-state index contributed by atoms with van der Waals surface area (Å²) in [7, 11) is 0. The SMILES string of the molecule is Cc1ccc(C(=O)O)cc1-n1c(C)cc([C@H]2[C@@H](c3ccccn3)NC(=S)N2c2ccccc2F)c1C. The van der Waals surface area contributed by atoms with E-state index in [0.717, 1.165) is 33.9 Å². The molecule has 1 fully saturated rings. The Kier molecular flexibility index (Phi) is 6.05. The van der Waals surface area contributed by atoms with Crippen molar-refractivity contribution in [1.29, 1.82) is 0 Å². The summed E-state index contributed by atoms with van der Waals surface area (Å²) in [6.45, 7) is 5.92. The highest BCUT2D eigenvalue weighted by atomic mass is 32.1. The predicted octanol–water partition coefficient (Wildman–Crippen LogP) is 5.81. The van der Waals surface area contributed by atoms with E-state index in [4.69, 9.17) is 12.2 Å². The number of nitrogens with one attached hydrogen (secondary N) is 1. The number of anilines is 1. The molecule has 0 saturated carbocycles. The second-order valence-corrected chi connectivity index (χ2v) is 9.30. The number of carboxylic acids is 1. The van der Waals surface area contributed by atoms with Crippen LogP contribution in [-0.2, 0) is 0 Å². The molecule has 2 N–H and O–H groups in total. The van der Waals surface area contributed by atoms with Gasteiger partial charge in [-0.3, -0.25) is 4.98 Å². The van der Waals surface area contributed by atoms with Crippen molar-refractivity contribution in [3.63, 3.8) is 0 Å². The summed E-state index contributed by atoms with van der Waals surface area (Å²) in [5, 5.41) is 13.3. The van der Waals surface area contributed by atoms with E-state index >= 15 is 4.39 Å². The predicted molar refractivity (Wildman–Crippen MR) is 141 cm³/mol. The Morgan fingerprint density at radius 1 is 1.03 bits per heavy atom. The highest BCUT2D eigenvalue weighted by molar-refractivity contribution is 7.80. The lowest BCUT2D eigenvalue weighted by Crippen LogP contribution is -2.30. The zero-order valence-corrected chi connectivity index (χ0v) is 20.9. The molecule has 8 heteroatoms. The van der Waals surface area contributed by atoms with Crippen molar-refractivity contribution < 1.29 is 14.3 Å². The molecule has 5 rings (SSSR count). The van der Waals surface area contributed by atoms with Crippen LogP contribution in [0.3, 0.4) is 0 Å². The smallest absolute Gasteiger partial charge is 0.335 e. The lowest BCUT2D eigenvalue weighted by Gasteiger charge is -2.28. The highest BCUT2D eigenvalue weighted by Crippen LogP contribution is 2.44. The van der Waals surface area contributed by atoms with Gasteiger partial charge in [0, 0.05) is 23.3 Å². The van der Waals surface area contributed by atoms with Gasteiger partial charge >= 0.3 is 5.97 Å². The largest absolute Gasteiger partial charge is 0.478 e. The molecule has 182 valence electrons. The molecule has 2 aromatic heterocycles. The molecule has 0 aliphatic carbocycles. The fourth-order valence-corrected chi connectivity index (χ4v) is 5.36. The zero-order valence-electron chi connectivity index (χ0n) is 20.1. The summed E-state index contributed by atoms with van der Waals surface area (Å²) in [5.74, 6) is -1.35. The summed E-state index contributed by atoms with van der Waals surface area (Å²) in [4.78, 5) is 18.1. The van der Waals surface area contributed by atoms with Gasteiger partial charge in [0.05, 0.1) is 29.0 Å². The first-order chi connectivity index (χ1) is 17.3. The maximum atomic E-state index is 15.1. The average molecular weight is 501 g/mol. The van der Waals surface area contributed by atoms with Crippen molar-refractivity contribution in [3.8, 4) is 5.69 Å². The first kappa shape index (κ1) is 23.7. The number of carboxylic acid groups (broad SMARTS) is 1. The number of pyridine rings is 1. The number of carbonyl (C=O) groups is 1. The second kappa shape index (κ2) is 9.20. The Balaban J connectivity index is 1.71. The van der Waals surface area contributed by atoms with Gasteiger partial charge in [-0.2, -0.15) is 0 Å². The monoisotopic (exact) mass is 500 g/mol. The van der Waals surface area contributed by atoms with E-state index in [1.807, 2.05) is 54.5 Å². The Bertz CT molecular complexity index is 1480. The van der Waals surface area contributed by atoms with Crippen LogP contribution in [0.1, 0.15) is 50.7 Å². The van der Waals surface area contributed by atoms with Crippen molar-refractivity contribution in [1.82, 2.24) is 14.9 Å². The molecule has 1 saturated heterocycles. The van der Waals surface area contributed by atoms with Crippen molar-refractivity contribution in [2.75, 3.05) is 4.90 Å².